The summed E-state index contributed by atoms with van der Waals surface area (Å²) < 4.78 is 5.42. The van der Waals surface area contributed by atoms with Crippen molar-refractivity contribution in [3.05, 3.63) is 0 Å². The SMILES string of the molecule is C[C@H](O)C[C@H]1COCCN1C(=O)N[C@@H](C)C1CCC1. The molecule has 1 aliphatic heterocycles. The second-order valence-electron chi connectivity index (χ2n) is 5.94. The van der Waals surface area contributed by atoms with Gasteiger partial charge in [-0.1, -0.05) is 6.42 Å². The summed E-state index contributed by atoms with van der Waals surface area (Å²) >= 11 is 0. The van der Waals surface area contributed by atoms with Crippen molar-refractivity contribution in [1.29, 1.82) is 0 Å². The molecule has 0 bridgehead atoms. The van der Waals surface area contributed by atoms with Crippen LogP contribution in [0, 0.1) is 5.92 Å². The van der Waals surface area contributed by atoms with Crippen LogP contribution in [-0.2, 0) is 4.74 Å². The van der Waals surface area contributed by atoms with Crippen LogP contribution in [0.5, 0.6) is 0 Å². The molecule has 2 aliphatic rings. The van der Waals surface area contributed by atoms with Gasteiger partial charge in [0.25, 0.3) is 0 Å². The Morgan fingerprint density at radius 2 is 2.21 bits per heavy atom. The van der Waals surface area contributed by atoms with Gasteiger partial charge in [-0.25, -0.2) is 4.79 Å². The van der Waals surface area contributed by atoms with Crippen molar-refractivity contribution >= 4 is 6.03 Å². The maximum absolute atomic E-state index is 12.3. The van der Waals surface area contributed by atoms with Gasteiger partial charge in [0.1, 0.15) is 0 Å². The minimum atomic E-state index is -0.411. The maximum atomic E-state index is 12.3. The van der Waals surface area contributed by atoms with Gasteiger partial charge in [0.15, 0.2) is 0 Å². The Balaban J connectivity index is 1.87. The summed E-state index contributed by atoms with van der Waals surface area (Å²) in [6.07, 6.45) is 3.90. The van der Waals surface area contributed by atoms with E-state index in [1.165, 1.54) is 19.3 Å². The van der Waals surface area contributed by atoms with E-state index in [9.17, 15) is 9.90 Å². The Labute approximate surface area is 115 Å². The third-order valence-corrected chi connectivity index (χ3v) is 4.31. The van der Waals surface area contributed by atoms with Gasteiger partial charge in [-0.15, -0.1) is 0 Å². The summed E-state index contributed by atoms with van der Waals surface area (Å²) in [6.45, 7) is 5.56. The predicted molar refractivity (Wildman–Crippen MR) is 72.9 cm³/mol. The van der Waals surface area contributed by atoms with Crippen molar-refractivity contribution in [3.63, 3.8) is 0 Å². The summed E-state index contributed by atoms with van der Waals surface area (Å²) in [5.74, 6) is 0.639. The molecular weight excluding hydrogens is 244 g/mol. The van der Waals surface area contributed by atoms with Crippen LogP contribution in [-0.4, -0.2) is 54.0 Å². The Hall–Kier alpha value is -0.810. The van der Waals surface area contributed by atoms with E-state index in [-0.39, 0.29) is 18.1 Å². The molecule has 2 amide bonds. The van der Waals surface area contributed by atoms with Crippen LogP contribution in [0.15, 0.2) is 0 Å². The number of hydrogen-bond acceptors (Lipinski definition) is 3. The molecule has 0 aromatic heterocycles. The van der Waals surface area contributed by atoms with Crippen molar-refractivity contribution in [2.75, 3.05) is 19.8 Å². The van der Waals surface area contributed by atoms with Gasteiger partial charge in [-0.3, -0.25) is 0 Å². The summed E-state index contributed by atoms with van der Waals surface area (Å²) in [5, 5.41) is 12.6. The highest BCUT2D eigenvalue weighted by molar-refractivity contribution is 5.75. The van der Waals surface area contributed by atoms with Gasteiger partial charge in [0.05, 0.1) is 25.4 Å². The molecule has 110 valence electrons. The summed E-state index contributed by atoms with van der Waals surface area (Å²) in [5.41, 5.74) is 0. The van der Waals surface area contributed by atoms with Gasteiger partial charge >= 0.3 is 6.03 Å². The fraction of sp³-hybridized carbons (Fsp3) is 0.929. The first-order valence-corrected chi connectivity index (χ1v) is 7.41. The number of hydrogen-bond donors (Lipinski definition) is 2. The highest BCUT2D eigenvalue weighted by atomic mass is 16.5. The molecule has 1 heterocycles. The van der Waals surface area contributed by atoms with E-state index in [1.54, 1.807) is 6.92 Å². The van der Waals surface area contributed by atoms with Crippen molar-refractivity contribution in [2.45, 2.75) is 57.7 Å². The second kappa shape index (κ2) is 6.57. The zero-order valence-corrected chi connectivity index (χ0v) is 12.0. The summed E-state index contributed by atoms with van der Waals surface area (Å²) in [6, 6.07) is 0.229. The zero-order chi connectivity index (χ0) is 13.8. The minimum Gasteiger partial charge on any atom is -0.393 e. The van der Waals surface area contributed by atoms with Crippen molar-refractivity contribution < 1.29 is 14.6 Å². The fourth-order valence-corrected chi connectivity index (χ4v) is 2.85. The fourth-order valence-electron chi connectivity index (χ4n) is 2.85. The number of carbonyl (C=O) groups is 1. The average molecular weight is 270 g/mol. The molecule has 0 radical (unpaired) electrons. The molecule has 1 saturated heterocycles. The monoisotopic (exact) mass is 270 g/mol. The lowest BCUT2D eigenvalue weighted by Gasteiger charge is -2.39. The third kappa shape index (κ3) is 3.83. The highest BCUT2D eigenvalue weighted by Crippen LogP contribution is 2.29. The number of morpholine rings is 1. The highest BCUT2D eigenvalue weighted by Gasteiger charge is 2.31. The first-order valence-electron chi connectivity index (χ1n) is 7.41. The van der Waals surface area contributed by atoms with E-state index in [2.05, 4.69) is 12.2 Å². The van der Waals surface area contributed by atoms with E-state index in [1.807, 2.05) is 4.90 Å². The number of nitrogens with zero attached hydrogens (tertiary/aromatic N) is 1. The molecule has 0 aromatic carbocycles. The molecule has 2 N–H and O–H groups in total. The minimum absolute atomic E-state index is 0.00616. The number of ether oxygens (including phenoxy) is 1. The van der Waals surface area contributed by atoms with E-state index < -0.39 is 6.10 Å². The average Bonchev–Trinajstić information content (AvgIpc) is 2.26. The molecule has 0 aromatic rings. The molecule has 5 nitrogen and oxygen atoms in total. The van der Waals surface area contributed by atoms with Crippen LogP contribution in [0.2, 0.25) is 0 Å². The smallest absolute Gasteiger partial charge is 0.318 e. The lowest BCUT2D eigenvalue weighted by Crippen LogP contribution is -2.55. The molecule has 2 rings (SSSR count). The molecule has 2 fully saturated rings. The number of aliphatic hydroxyl groups excluding tert-OH is 1. The molecule has 5 heteroatoms. The Morgan fingerprint density at radius 1 is 1.47 bits per heavy atom. The predicted octanol–water partition coefficient (Wildman–Crippen LogP) is 1.36. The molecule has 1 saturated carbocycles. The van der Waals surface area contributed by atoms with Gasteiger partial charge in [-0.2, -0.15) is 0 Å². The molecule has 3 atom stereocenters. The molecule has 1 aliphatic carbocycles. The molecule has 0 spiro atoms. The van der Waals surface area contributed by atoms with Crippen LogP contribution in [0.25, 0.3) is 0 Å². The van der Waals surface area contributed by atoms with E-state index >= 15 is 0 Å². The summed E-state index contributed by atoms with van der Waals surface area (Å²) in [7, 11) is 0. The van der Waals surface area contributed by atoms with Crippen LogP contribution in [0.1, 0.15) is 39.5 Å². The molecular formula is C14H26N2O3. The largest absolute Gasteiger partial charge is 0.393 e. The van der Waals surface area contributed by atoms with Crippen LogP contribution in [0.4, 0.5) is 4.79 Å². The van der Waals surface area contributed by atoms with E-state index in [4.69, 9.17) is 4.74 Å². The Kier molecular flexibility index (Phi) is 5.05. The van der Waals surface area contributed by atoms with Crippen molar-refractivity contribution in [3.8, 4) is 0 Å². The lowest BCUT2D eigenvalue weighted by atomic mass is 9.80. The number of rotatable bonds is 4. The van der Waals surface area contributed by atoms with Gasteiger partial charge in [0.2, 0.25) is 0 Å². The summed E-state index contributed by atoms with van der Waals surface area (Å²) in [4.78, 5) is 14.1. The number of nitrogens with one attached hydrogen (secondary N) is 1. The standard InChI is InChI=1S/C14H26N2O3/c1-10(17)8-13-9-19-7-6-16(13)14(18)15-11(2)12-4-3-5-12/h10-13,17H,3-9H2,1-2H3,(H,15,18)/t10-,11-,13-/m0/s1. The zero-order valence-electron chi connectivity index (χ0n) is 12.0. The number of urea groups is 1. The Morgan fingerprint density at radius 3 is 2.79 bits per heavy atom. The van der Waals surface area contributed by atoms with Crippen molar-refractivity contribution in [2.24, 2.45) is 5.92 Å². The second-order valence-corrected chi connectivity index (χ2v) is 5.94. The normalized spacial score (nSPS) is 27.5. The first kappa shape index (κ1) is 14.6. The van der Waals surface area contributed by atoms with Gasteiger partial charge < -0.3 is 20.1 Å². The van der Waals surface area contributed by atoms with Gasteiger partial charge in [0, 0.05) is 12.6 Å². The van der Waals surface area contributed by atoms with E-state index in [0.29, 0.717) is 32.1 Å². The first-order chi connectivity index (χ1) is 9.08. The third-order valence-electron chi connectivity index (χ3n) is 4.31. The Bertz CT molecular complexity index is 305. The van der Waals surface area contributed by atoms with Crippen molar-refractivity contribution in [1.82, 2.24) is 10.2 Å². The van der Waals surface area contributed by atoms with Crippen LogP contribution in [0.3, 0.4) is 0 Å². The topological polar surface area (TPSA) is 61.8 Å². The van der Waals surface area contributed by atoms with Crippen LogP contribution < -0.4 is 5.32 Å². The number of aliphatic hydroxyl groups is 1. The molecule has 0 unspecified atom stereocenters. The van der Waals surface area contributed by atoms with E-state index in [0.717, 1.165) is 0 Å². The maximum Gasteiger partial charge on any atom is 0.318 e. The quantitative estimate of drug-likeness (QED) is 0.811. The van der Waals surface area contributed by atoms with Crippen LogP contribution >= 0.6 is 0 Å². The lowest BCUT2D eigenvalue weighted by molar-refractivity contribution is -0.00534. The molecule has 19 heavy (non-hydrogen) atoms. The van der Waals surface area contributed by atoms with Gasteiger partial charge in [-0.05, 0) is 39.0 Å². The number of carbonyl (C=O) groups excluding carboxylic acids is 1. The number of amides is 2.